The van der Waals surface area contributed by atoms with Gasteiger partial charge in [-0.15, -0.1) is 5.10 Å². The van der Waals surface area contributed by atoms with Gasteiger partial charge in [-0.3, -0.25) is 19.8 Å². The van der Waals surface area contributed by atoms with Crippen molar-refractivity contribution in [3.63, 3.8) is 0 Å². The fourth-order valence-corrected chi connectivity index (χ4v) is 3.98. The first kappa shape index (κ1) is 21.3. The van der Waals surface area contributed by atoms with Crippen LogP contribution in [-0.2, 0) is 0 Å². The number of nitrogens with two attached hydrogens (primary N) is 1. The smallest absolute Gasteiger partial charge is 0.284 e. The van der Waals surface area contributed by atoms with E-state index in [9.17, 15) is 9.59 Å². The monoisotopic (exact) mass is 497 g/mol. The molecule has 2 aromatic carbocycles. The number of hydrogen-bond donors (Lipinski definition) is 4. The molecule has 0 saturated heterocycles. The van der Waals surface area contributed by atoms with Crippen molar-refractivity contribution in [3.05, 3.63) is 72.7 Å². The number of anilines is 2. The van der Waals surface area contributed by atoms with Crippen molar-refractivity contribution < 1.29 is 4.79 Å². The summed E-state index contributed by atoms with van der Waals surface area (Å²) in [4.78, 5) is 30.0. The number of nitrogen functional groups attached to an aromatic ring is 1. The van der Waals surface area contributed by atoms with Gasteiger partial charge in [-0.1, -0.05) is 40.9 Å². The lowest BCUT2D eigenvalue weighted by Crippen LogP contribution is -2.17. The molecule has 13 heteroatoms. The predicted octanol–water partition coefficient (Wildman–Crippen LogP) is 4.40. The number of nitrogens with one attached hydrogen (secondary N) is 3. The van der Waals surface area contributed by atoms with E-state index in [1.165, 1.54) is 18.2 Å². The van der Waals surface area contributed by atoms with Gasteiger partial charge in [0.2, 0.25) is 5.28 Å². The van der Waals surface area contributed by atoms with Crippen LogP contribution in [0.2, 0.25) is 20.4 Å². The second kappa shape index (κ2) is 8.27. The molecule has 0 unspecified atom stereocenters. The molecule has 31 heavy (non-hydrogen) atoms. The van der Waals surface area contributed by atoms with E-state index in [1.54, 1.807) is 18.2 Å². The summed E-state index contributed by atoms with van der Waals surface area (Å²) in [5.74, 6) is -0.498. The Kier molecular flexibility index (Phi) is 5.67. The van der Waals surface area contributed by atoms with E-state index in [2.05, 4.69) is 25.6 Å². The van der Waals surface area contributed by atoms with Crippen LogP contribution in [0, 0.1) is 0 Å². The second-order valence-electron chi connectivity index (χ2n) is 6.25. The van der Waals surface area contributed by atoms with Crippen LogP contribution in [0.3, 0.4) is 0 Å². The number of amides is 1. The molecule has 0 aliphatic rings. The van der Waals surface area contributed by atoms with E-state index in [0.717, 1.165) is 4.68 Å². The quantitative estimate of drug-likeness (QED) is 0.309. The molecule has 2 heterocycles. The van der Waals surface area contributed by atoms with Gasteiger partial charge in [-0.05, 0) is 41.9 Å². The SMILES string of the molecule is Nc1cccc(C(=O)Nc2[nH]n(-c3c(Cl)cc(Cl)cc3Cl)c(=O)c2-c2nc(Cl)n[nH]2)c1. The zero-order valence-corrected chi connectivity index (χ0v) is 18.2. The molecule has 4 aromatic rings. The lowest BCUT2D eigenvalue weighted by Gasteiger charge is -2.08. The summed E-state index contributed by atoms with van der Waals surface area (Å²) >= 11 is 24.3. The number of carbonyl (C=O) groups excluding carboxylic acids is 1. The average molecular weight is 499 g/mol. The first-order valence-corrected chi connectivity index (χ1v) is 10.0. The third-order valence-corrected chi connectivity index (χ3v) is 5.14. The lowest BCUT2D eigenvalue weighted by atomic mass is 10.2. The summed E-state index contributed by atoms with van der Waals surface area (Å²) in [6.45, 7) is 0. The van der Waals surface area contributed by atoms with E-state index < -0.39 is 11.5 Å². The first-order chi connectivity index (χ1) is 14.7. The van der Waals surface area contributed by atoms with Crippen LogP contribution in [0.5, 0.6) is 0 Å². The molecule has 0 spiro atoms. The standard InChI is InChI=1S/C18H11Cl4N7O2/c19-8-5-10(20)13(11(21)6-8)29-17(31)12(14-25-18(22)27-26-14)15(28-29)24-16(30)7-2-1-3-9(23)4-7/h1-6,28H,23H2,(H,24,30)(H,25,26,27). The van der Waals surface area contributed by atoms with Crippen molar-refractivity contribution in [2.75, 3.05) is 11.1 Å². The summed E-state index contributed by atoms with van der Waals surface area (Å²) < 4.78 is 1.06. The fraction of sp³-hybridized carbons (Fsp3) is 0. The number of hydrogen-bond acceptors (Lipinski definition) is 5. The fourth-order valence-electron chi connectivity index (χ4n) is 2.87. The van der Waals surface area contributed by atoms with Gasteiger partial charge in [-0.2, -0.15) is 4.98 Å². The van der Waals surface area contributed by atoms with E-state index in [-0.39, 0.29) is 48.8 Å². The topological polar surface area (TPSA) is 134 Å². The molecule has 0 atom stereocenters. The van der Waals surface area contributed by atoms with Gasteiger partial charge in [0.05, 0.1) is 10.0 Å². The van der Waals surface area contributed by atoms with E-state index >= 15 is 0 Å². The second-order valence-corrected chi connectivity index (χ2v) is 7.84. The van der Waals surface area contributed by atoms with Crippen molar-refractivity contribution in [3.8, 4) is 17.1 Å². The Bertz CT molecular complexity index is 1350. The molecule has 0 aliphatic carbocycles. The van der Waals surface area contributed by atoms with Gasteiger partial charge >= 0.3 is 0 Å². The molecule has 158 valence electrons. The zero-order valence-electron chi connectivity index (χ0n) is 15.2. The molecule has 9 nitrogen and oxygen atoms in total. The summed E-state index contributed by atoms with van der Waals surface area (Å²) in [5.41, 5.74) is 5.89. The molecule has 0 bridgehead atoms. The van der Waals surface area contributed by atoms with Crippen LogP contribution >= 0.6 is 46.4 Å². The number of rotatable bonds is 4. The number of benzene rings is 2. The van der Waals surface area contributed by atoms with Gasteiger partial charge in [-0.25, -0.2) is 4.68 Å². The van der Waals surface area contributed by atoms with Crippen LogP contribution < -0.4 is 16.6 Å². The van der Waals surface area contributed by atoms with Gasteiger partial charge in [0.15, 0.2) is 5.82 Å². The molecule has 4 rings (SSSR count). The maximum Gasteiger partial charge on any atom is 0.284 e. The van der Waals surface area contributed by atoms with Crippen molar-refractivity contribution in [2.24, 2.45) is 0 Å². The summed E-state index contributed by atoms with van der Waals surface area (Å²) in [7, 11) is 0. The first-order valence-electron chi connectivity index (χ1n) is 8.49. The molecule has 0 radical (unpaired) electrons. The normalized spacial score (nSPS) is 11.0. The Hall–Kier alpha value is -2.98. The van der Waals surface area contributed by atoms with Gasteiger partial charge < -0.3 is 11.1 Å². The zero-order chi connectivity index (χ0) is 22.3. The van der Waals surface area contributed by atoms with Crippen LogP contribution in [-0.4, -0.2) is 30.9 Å². The Balaban J connectivity index is 1.88. The summed E-state index contributed by atoms with van der Waals surface area (Å²) in [5, 5.41) is 12.1. The number of halogens is 4. The van der Waals surface area contributed by atoms with Gasteiger partial charge in [0.1, 0.15) is 17.1 Å². The largest absolute Gasteiger partial charge is 0.399 e. The summed E-state index contributed by atoms with van der Waals surface area (Å²) in [6.07, 6.45) is 0. The highest BCUT2D eigenvalue weighted by molar-refractivity contribution is 6.40. The minimum Gasteiger partial charge on any atom is -0.399 e. The van der Waals surface area contributed by atoms with Crippen molar-refractivity contribution in [1.29, 1.82) is 0 Å². The Morgan fingerprint density at radius 2 is 1.81 bits per heavy atom. The maximum atomic E-state index is 13.2. The lowest BCUT2D eigenvalue weighted by molar-refractivity contribution is 0.102. The van der Waals surface area contributed by atoms with Crippen molar-refractivity contribution in [2.45, 2.75) is 0 Å². The Morgan fingerprint density at radius 1 is 1.10 bits per heavy atom. The number of carbonyl (C=O) groups is 1. The maximum absolute atomic E-state index is 13.2. The van der Waals surface area contributed by atoms with Gasteiger partial charge in [0.25, 0.3) is 11.5 Å². The highest BCUT2D eigenvalue weighted by Crippen LogP contribution is 2.33. The predicted molar refractivity (Wildman–Crippen MR) is 121 cm³/mol. The average Bonchev–Trinajstić information content (AvgIpc) is 3.24. The van der Waals surface area contributed by atoms with E-state index in [1.807, 2.05) is 0 Å². The molecule has 1 amide bonds. The third-order valence-electron chi connectivity index (χ3n) is 4.18. The molecular weight excluding hydrogens is 488 g/mol. The van der Waals surface area contributed by atoms with Crippen LogP contribution in [0.15, 0.2) is 41.2 Å². The van der Waals surface area contributed by atoms with Gasteiger partial charge in [0, 0.05) is 16.3 Å². The molecule has 0 fully saturated rings. The number of aromatic amines is 2. The summed E-state index contributed by atoms with van der Waals surface area (Å²) in [6, 6.07) is 9.17. The third kappa shape index (κ3) is 4.13. The van der Waals surface area contributed by atoms with Crippen molar-refractivity contribution in [1.82, 2.24) is 25.0 Å². The Labute approximate surface area is 194 Å². The highest BCUT2D eigenvalue weighted by Gasteiger charge is 2.24. The molecule has 5 N–H and O–H groups in total. The minimum absolute atomic E-state index is 0.00678. The number of nitrogens with zero attached hydrogens (tertiary/aromatic N) is 3. The molecular formula is C18H11Cl4N7O2. The van der Waals surface area contributed by atoms with Crippen LogP contribution in [0.4, 0.5) is 11.5 Å². The molecule has 0 saturated carbocycles. The minimum atomic E-state index is -0.623. The number of H-pyrrole nitrogens is 2. The van der Waals surface area contributed by atoms with Crippen LogP contribution in [0.1, 0.15) is 10.4 Å². The molecule has 2 aromatic heterocycles. The molecule has 0 aliphatic heterocycles. The van der Waals surface area contributed by atoms with E-state index in [4.69, 9.17) is 52.1 Å². The van der Waals surface area contributed by atoms with Crippen molar-refractivity contribution >= 4 is 63.8 Å². The number of aromatic nitrogens is 5. The highest BCUT2D eigenvalue weighted by atomic mass is 35.5. The Morgan fingerprint density at radius 3 is 2.42 bits per heavy atom. The van der Waals surface area contributed by atoms with Crippen LogP contribution in [0.25, 0.3) is 17.1 Å². The van der Waals surface area contributed by atoms with E-state index in [0.29, 0.717) is 5.69 Å².